The lowest BCUT2D eigenvalue weighted by Gasteiger charge is -2.08. The molecule has 2 aromatic carbocycles. The quantitative estimate of drug-likeness (QED) is 0.541. The number of hydrogen-bond donors (Lipinski definition) is 0. The fourth-order valence-corrected chi connectivity index (χ4v) is 2.16. The smallest absolute Gasteiger partial charge is 0.339 e. The van der Waals surface area contributed by atoms with Gasteiger partial charge in [0.25, 0.3) is 0 Å². The zero-order valence-electron chi connectivity index (χ0n) is 10.9. The lowest BCUT2D eigenvalue weighted by atomic mass is 10.1. The van der Waals surface area contributed by atoms with Gasteiger partial charge in [0.05, 0.1) is 11.5 Å². The molecule has 1 heterocycles. The van der Waals surface area contributed by atoms with Crippen LogP contribution >= 0.6 is 0 Å². The van der Waals surface area contributed by atoms with Gasteiger partial charge in [-0.3, -0.25) is 4.79 Å². The zero-order valence-corrected chi connectivity index (χ0v) is 10.9. The van der Waals surface area contributed by atoms with Gasteiger partial charge < -0.3 is 9.15 Å². The third kappa shape index (κ3) is 2.16. The highest BCUT2D eigenvalue weighted by Gasteiger charge is 2.10. The van der Waals surface area contributed by atoms with Crippen LogP contribution in [0, 0.1) is 0 Å². The van der Waals surface area contributed by atoms with Crippen molar-refractivity contribution in [2.45, 2.75) is 6.92 Å². The molecule has 4 nitrogen and oxygen atoms in total. The molecule has 20 heavy (non-hydrogen) atoms. The molecule has 0 spiro atoms. The van der Waals surface area contributed by atoms with E-state index < -0.39 is 5.63 Å². The summed E-state index contributed by atoms with van der Waals surface area (Å²) < 4.78 is 10.7. The summed E-state index contributed by atoms with van der Waals surface area (Å²) in [5.41, 5.74) is -0.0124. The number of fused-ring (bicyclic) bond motifs is 3. The van der Waals surface area contributed by atoms with Crippen LogP contribution in [0.5, 0.6) is 5.75 Å². The third-order valence-electron chi connectivity index (χ3n) is 3.03. The Morgan fingerprint density at radius 2 is 1.95 bits per heavy atom. The third-order valence-corrected chi connectivity index (χ3v) is 3.03. The second kappa shape index (κ2) is 4.81. The monoisotopic (exact) mass is 268 g/mol. The molecule has 4 heteroatoms. The maximum atomic E-state index is 11.7. The maximum Gasteiger partial charge on any atom is 0.339 e. The molecule has 3 aromatic rings. The average Bonchev–Trinajstić information content (AvgIpc) is 2.44. The van der Waals surface area contributed by atoms with Gasteiger partial charge in [-0.05, 0) is 18.4 Å². The molecule has 0 saturated carbocycles. The van der Waals surface area contributed by atoms with E-state index in [-0.39, 0.29) is 12.4 Å². The number of Topliss-reactive ketones (excluding diaryl/α,β-unsaturated/α-hetero) is 1. The van der Waals surface area contributed by atoms with Crippen LogP contribution in [0.25, 0.3) is 21.7 Å². The van der Waals surface area contributed by atoms with Crippen molar-refractivity contribution in [3.63, 3.8) is 0 Å². The van der Waals surface area contributed by atoms with Crippen LogP contribution in [0.15, 0.2) is 51.7 Å². The Hall–Kier alpha value is -2.62. The van der Waals surface area contributed by atoms with E-state index in [1.54, 1.807) is 0 Å². The van der Waals surface area contributed by atoms with Crippen LogP contribution in [-0.2, 0) is 4.79 Å². The summed E-state index contributed by atoms with van der Waals surface area (Å²) in [6, 6.07) is 12.6. The fourth-order valence-electron chi connectivity index (χ4n) is 2.16. The second-order valence-electron chi connectivity index (χ2n) is 4.58. The number of ether oxygens (including phenoxy) is 1. The molecule has 0 amide bonds. The molecule has 100 valence electrons. The average molecular weight is 268 g/mol. The van der Waals surface area contributed by atoms with Gasteiger partial charge in [-0.2, -0.15) is 0 Å². The molecule has 0 unspecified atom stereocenters. The summed E-state index contributed by atoms with van der Waals surface area (Å²) in [4.78, 5) is 22.7. The van der Waals surface area contributed by atoms with Crippen molar-refractivity contribution < 1.29 is 13.9 Å². The molecular weight excluding hydrogens is 256 g/mol. The Balaban J connectivity index is 2.29. The molecule has 0 aliphatic rings. The summed E-state index contributed by atoms with van der Waals surface area (Å²) in [5.74, 6) is 0.268. The van der Waals surface area contributed by atoms with Crippen LogP contribution < -0.4 is 10.4 Å². The summed E-state index contributed by atoms with van der Waals surface area (Å²) >= 11 is 0. The predicted molar refractivity (Wildman–Crippen MR) is 76.2 cm³/mol. The summed E-state index contributed by atoms with van der Waals surface area (Å²) in [6.07, 6.45) is 0. The standard InChI is InChI=1S/C16H12O4/c1-10(17)9-19-14-8-15(18)20-16-12-5-3-2-4-11(12)6-7-13(14)16/h2-8H,9H2,1H3. The number of benzene rings is 2. The molecule has 0 saturated heterocycles. The van der Waals surface area contributed by atoms with Crippen molar-refractivity contribution in [3.8, 4) is 5.75 Å². The Kier molecular flexibility index (Phi) is 2.99. The van der Waals surface area contributed by atoms with E-state index in [2.05, 4.69) is 0 Å². The minimum Gasteiger partial charge on any atom is -0.485 e. The van der Waals surface area contributed by atoms with E-state index in [0.717, 1.165) is 10.8 Å². The van der Waals surface area contributed by atoms with E-state index in [9.17, 15) is 9.59 Å². The summed E-state index contributed by atoms with van der Waals surface area (Å²) in [7, 11) is 0. The normalized spacial score (nSPS) is 10.8. The minimum atomic E-state index is -0.493. The van der Waals surface area contributed by atoms with Crippen molar-refractivity contribution in [2.75, 3.05) is 6.61 Å². The van der Waals surface area contributed by atoms with Crippen LogP contribution in [0.3, 0.4) is 0 Å². The van der Waals surface area contributed by atoms with Gasteiger partial charge in [0.15, 0.2) is 5.78 Å². The van der Waals surface area contributed by atoms with Gasteiger partial charge in [-0.15, -0.1) is 0 Å². The first-order valence-corrected chi connectivity index (χ1v) is 6.23. The van der Waals surface area contributed by atoms with Crippen molar-refractivity contribution >= 4 is 27.5 Å². The van der Waals surface area contributed by atoms with Gasteiger partial charge in [0, 0.05) is 5.39 Å². The van der Waals surface area contributed by atoms with Crippen molar-refractivity contribution in [1.82, 2.24) is 0 Å². The summed E-state index contributed by atoms with van der Waals surface area (Å²) in [6.45, 7) is 1.37. The van der Waals surface area contributed by atoms with Crippen LogP contribution in [0.1, 0.15) is 6.92 Å². The van der Waals surface area contributed by atoms with Crippen LogP contribution in [-0.4, -0.2) is 12.4 Å². The molecular formula is C16H12O4. The molecule has 0 N–H and O–H groups in total. The van der Waals surface area contributed by atoms with Gasteiger partial charge in [0.1, 0.15) is 17.9 Å². The lowest BCUT2D eigenvalue weighted by molar-refractivity contribution is -0.118. The maximum absolute atomic E-state index is 11.7. The first-order valence-electron chi connectivity index (χ1n) is 6.23. The predicted octanol–water partition coefficient (Wildman–Crippen LogP) is 2.91. The van der Waals surface area contributed by atoms with E-state index >= 15 is 0 Å². The van der Waals surface area contributed by atoms with Crippen molar-refractivity contribution in [3.05, 3.63) is 52.9 Å². The van der Waals surface area contributed by atoms with Crippen molar-refractivity contribution in [2.24, 2.45) is 0 Å². The Labute approximate surface area is 114 Å². The lowest BCUT2D eigenvalue weighted by Crippen LogP contribution is -2.09. The van der Waals surface area contributed by atoms with E-state index in [1.165, 1.54) is 13.0 Å². The Bertz CT molecular complexity index is 861. The number of ketones is 1. The van der Waals surface area contributed by atoms with E-state index in [1.807, 2.05) is 36.4 Å². The van der Waals surface area contributed by atoms with E-state index in [4.69, 9.17) is 9.15 Å². The number of rotatable bonds is 3. The van der Waals surface area contributed by atoms with E-state index in [0.29, 0.717) is 16.7 Å². The van der Waals surface area contributed by atoms with Gasteiger partial charge in [0.2, 0.25) is 0 Å². The highest BCUT2D eigenvalue weighted by Crippen LogP contribution is 2.30. The first-order chi connectivity index (χ1) is 9.65. The summed E-state index contributed by atoms with van der Waals surface area (Å²) in [5, 5.41) is 2.51. The number of carbonyl (C=O) groups excluding carboxylic acids is 1. The highest BCUT2D eigenvalue weighted by atomic mass is 16.5. The fraction of sp³-hybridized carbons (Fsp3) is 0.125. The first kappa shape index (κ1) is 12.4. The second-order valence-corrected chi connectivity index (χ2v) is 4.58. The molecule has 0 radical (unpaired) electrons. The Morgan fingerprint density at radius 1 is 1.15 bits per heavy atom. The minimum absolute atomic E-state index is 0.0641. The van der Waals surface area contributed by atoms with Gasteiger partial charge >= 0.3 is 5.63 Å². The highest BCUT2D eigenvalue weighted by molar-refractivity contribution is 6.05. The Morgan fingerprint density at radius 3 is 2.75 bits per heavy atom. The van der Waals surface area contributed by atoms with Crippen LogP contribution in [0.2, 0.25) is 0 Å². The molecule has 0 fully saturated rings. The topological polar surface area (TPSA) is 56.5 Å². The molecule has 0 aliphatic carbocycles. The molecule has 1 aromatic heterocycles. The molecule has 3 rings (SSSR count). The zero-order chi connectivity index (χ0) is 14.1. The van der Waals surface area contributed by atoms with Gasteiger partial charge in [-0.1, -0.05) is 30.3 Å². The van der Waals surface area contributed by atoms with Crippen LogP contribution in [0.4, 0.5) is 0 Å². The molecule has 0 bridgehead atoms. The largest absolute Gasteiger partial charge is 0.485 e. The van der Waals surface area contributed by atoms with Gasteiger partial charge in [-0.25, -0.2) is 4.79 Å². The molecule has 0 aliphatic heterocycles. The number of hydrogen-bond acceptors (Lipinski definition) is 4. The number of carbonyl (C=O) groups is 1. The SMILES string of the molecule is CC(=O)COc1cc(=O)oc2c1ccc1ccccc12. The molecule has 0 atom stereocenters. The van der Waals surface area contributed by atoms with Crippen molar-refractivity contribution in [1.29, 1.82) is 0 Å².